The molecule has 0 radical (unpaired) electrons. The van der Waals surface area contributed by atoms with Gasteiger partial charge in [-0.1, -0.05) is 19.4 Å². The molecule has 1 rings (SSSR count). The summed E-state index contributed by atoms with van der Waals surface area (Å²) >= 11 is 0. The van der Waals surface area contributed by atoms with Gasteiger partial charge in [0.05, 0.1) is 17.9 Å². The molecule has 0 fully saturated rings. The van der Waals surface area contributed by atoms with Crippen LogP contribution in [0.5, 0.6) is 0 Å². The van der Waals surface area contributed by atoms with E-state index in [0.717, 1.165) is 37.2 Å². The van der Waals surface area contributed by atoms with Crippen LogP contribution in [0.25, 0.3) is 0 Å². The fraction of sp³-hybridized carbons (Fsp3) is 0.500. The highest BCUT2D eigenvalue weighted by atomic mass is 16.3. The van der Waals surface area contributed by atoms with Gasteiger partial charge < -0.3 is 10.0 Å². The lowest BCUT2D eigenvalue weighted by atomic mass is 10.1. The molecule has 0 saturated heterocycles. The highest BCUT2D eigenvalue weighted by Crippen LogP contribution is 2.22. The van der Waals surface area contributed by atoms with Gasteiger partial charge in [0, 0.05) is 13.1 Å². The lowest BCUT2D eigenvalue weighted by Crippen LogP contribution is -2.24. The summed E-state index contributed by atoms with van der Waals surface area (Å²) in [4.78, 5) is 2.21. The number of hydrogen-bond donors (Lipinski definition) is 1. The van der Waals surface area contributed by atoms with E-state index in [0.29, 0.717) is 5.56 Å². The van der Waals surface area contributed by atoms with Gasteiger partial charge >= 0.3 is 0 Å². The zero-order valence-electron chi connectivity index (χ0n) is 10.6. The third kappa shape index (κ3) is 3.47. The van der Waals surface area contributed by atoms with Gasteiger partial charge in [0.2, 0.25) is 0 Å². The van der Waals surface area contributed by atoms with Crippen LogP contribution >= 0.6 is 0 Å². The molecule has 1 aromatic rings. The first kappa shape index (κ1) is 13.5. The molecule has 3 heteroatoms. The highest BCUT2D eigenvalue weighted by molar-refractivity contribution is 5.60. The normalized spacial score (nSPS) is 10.0. The standard InChI is InChI=1S/C14H20N2O/c1-3-5-8-16(4-2)14-7-6-12(11-17)9-13(14)10-15/h6-7,9,17H,3-5,8,11H2,1-2H3. The summed E-state index contributed by atoms with van der Waals surface area (Å²) in [5.41, 5.74) is 2.41. The second kappa shape index (κ2) is 6.93. The first-order valence-corrected chi connectivity index (χ1v) is 6.15. The van der Waals surface area contributed by atoms with Gasteiger partial charge in [-0.3, -0.25) is 0 Å². The molecule has 92 valence electrons. The fourth-order valence-corrected chi connectivity index (χ4v) is 1.84. The maximum Gasteiger partial charge on any atom is 0.101 e. The van der Waals surface area contributed by atoms with E-state index in [1.165, 1.54) is 0 Å². The third-order valence-electron chi connectivity index (χ3n) is 2.87. The number of benzene rings is 1. The molecule has 0 unspecified atom stereocenters. The molecule has 17 heavy (non-hydrogen) atoms. The molecule has 0 aromatic heterocycles. The smallest absolute Gasteiger partial charge is 0.101 e. The Morgan fingerprint density at radius 2 is 2.12 bits per heavy atom. The Labute approximate surface area is 103 Å². The average molecular weight is 232 g/mol. The van der Waals surface area contributed by atoms with Crippen molar-refractivity contribution in [2.45, 2.75) is 33.3 Å². The van der Waals surface area contributed by atoms with E-state index in [2.05, 4.69) is 24.8 Å². The molecule has 1 aromatic carbocycles. The summed E-state index contributed by atoms with van der Waals surface area (Å²) in [6.07, 6.45) is 2.27. The Morgan fingerprint density at radius 3 is 2.65 bits per heavy atom. The van der Waals surface area contributed by atoms with Crippen molar-refractivity contribution in [2.24, 2.45) is 0 Å². The van der Waals surface area contributed by atoms with Crippen LogP contribution in [0.2, 0.25) is 0 Å². The topological polar surface area (TPSA) is 47.3 Å². The van der Waals surface area contributed by atoms with E-state index in [1.54, 1.807) is 6.07 Å². The summed E-state index contributed by atoms with van der Waals surface area (Å²) in [5.74, 6) is 0. The molecular weight excluding hydrogens is 212 g/mol. The number of aliphatic hydroxyl groups is 1. The lowest BCUT2D eigenvalue weighted by molar-refractivity contribution is 0.282. The lowest BCUT2D eigenvalue weighted by Gasteiger charge is -2.24. The third-order valence-corrected chi connectivity index (χ3v) is 2.87. The fourth-order valence-electron chi connectivity index (χ4n) is 1.84. The van der Waals surface area contributed by atoms with E-state index in [1.807, 2.05) is 12.1 Å². The van der Waals surface area contributed by atoms with Gasteiger partial charge in [-0.05, 0) is 31.0 Å². The number of aliphatic hydroxyl groups excluding tert-OH is 1. The van der Waals surface area contributed by atoms with E-state index in [9.17, 15) is 0 Å². The zero-order valence-corrected chi connectivity index (χ0v) is 10.6. The Balaban J connectivity index is 2.98. The summed E-state index contributed by atoms with van der Waals surface area (Å²) in [6, 6.07) is 7.79. The van der Waals surface area contributed by atoms with Crippen LogP contribution in [0.3, 0.4) is 0 Å². The van der Waals surface area contributed by atoms with Crippen molar-refractivity contribution in [3.63, 3.8) is 0 Å². The van der Waals surface area contributed by atoms with E-state index >= 15 is 0 Å². The van der Waals surface area contributed by atoms with Crippen LogP contribution in [0.15, 0.2) is 18.2 Å². The van der Waals surface area contributed by atoms with Crippen molar-refractivity contribution in [3.8, 4) is 6.07 Å². The van der Waals surface area contributed by atoms with Crippen molar-refractivity contribution in [1.29, 1.82) is 5.26 Å². The Morgan fingerprint density at radius 1 is 1.35 bits per heavy atom. The van der Waals surface area contributed by atoms with Gasteiger partial charge in [-0.2, -0.15) is 5.26 Å². The Kier molecular flexibility index (Phi) is 5.51. The average Bonchev–Trinajstić information content (AvgIpc) is 2.39. The minimum atomic E-state index is -0.0178. The van der Waals surface area contributed by atoms with Gasteiger partial charge in [0.25, 0.3) is 0 Å². The molecule has 0 spiro atoms. The monoisotopic (exact) mass is 232 g/mol. The summed E-state index contributed by atoms with van der Waals surface area (Å²) in [5, 5.41) is 18.2. The van der Waals surface area contributed by atoms with Crippen LogP contribution in [-0.2, 0) is 6.61 Å². The predicted molar refractivity (Wildman–Crippen MR) is 69.9 cm³/mol. The molecule has 0 atom stereocenters. The molecule has 0 saturated carbocycles. The summed E-state index contributed by atoms with van der Waals surface area (Å²) in [7, 11) is 0. The summed E-state index contributed by atoms with van der Waals surface area (Å²) in [6.45, 7) is 6.11. The molecule has 0 aliphatic rings. The Bertz CT molecular complexity index is 396. The van der Waals surface area contributed by atoms with Crippen molar-refractivity contribution in [1.82, 2.24) is 0 Å². The summed E-state index contributed by atoms with van der Waals surface area (Å²) < 4.78 is 0. The molecule has 0 aliphatic heterocycles. The number of rotatable bonds is 6. The number of nitrogens with zero attached hydrogens (tertiary/aromatic N) is 2. The molecule has 0 bridgehead atoms. The van der Waals surface area contributed by atoms with Gasteiger partial charge in [0.15, 0.2) is 0 Å². The first-order valence-electron chi connectivity index (χ1n) is 6.15. The number of unbranched alkanes of at least 4 members (excludes halogenated alkanes) is 1. The molecule has 0 aliphatic carbocycles. The van der Waals surface area contributed by atoms with Crippen molar-refractivity contribution in [2.75, 3.05) is 18.0 Å². The SMILES string of the molecule is CCCCN(CC)c1ccc(CO)cc1C#N. The van der Waals surface area contributed by atoms with E-state index in [4.69, 9.17) is 10.4 Å². The van der Waals surface area contributed by atoms with Crippen LogP contribution in [0, 0.1) is 11.3 Å². The largest absolute Gasteiger partial charge is 0.392 e. The van der Waals surface area contributed by atoms with Gasteiger partial charge in [-0.15, -0.1) is 0 Å². The van der Waals surface area contributed by atoms with Gasteiger partial charge in [-0.25, -0.2) is 0 Å². The molecule has 3 nitrogen and oxygen atoms in total. The second-order valence-corrected chi connectivity index (χ2v) is 4.05. The quantitative estimate of drug-likeness (QED) is 0.820. The molecular formula is C14H20N2O. The van der Waals surface area contributed by atoms with Crippen molar-refractivity contribution in [3.05, 3.63) is 29.3 Å². The van der Waals surface area contributed by atoms with Crippen LogP contribution in [-0.4, -0.2) is 18.2 Å². The molecule has 0 amide bonds. The van der Waals surface area contributed by atoms with Crippen LogP contribution < -0.4 is 4.90 Å². The minimum absolute atomic E-state index is 0.0178. The van der Waals surface area contributed by atoms with Gasteiger partial charge in [0.1, 0.15) is 6.07 Å². The van der Waals surface area contributed by atoms with Crippen molar-refractivity contribution >= 4 is 5.69 Å². The number of hydrogen-bond acceptors (Lipinski definition) is 3. The van der Waals surface area contributed by atoms with Crippen LogP contribution in [0.1, 0.15) is 37.8 Å². The Hall–Kier alpha value is -1.53. The maximum absolute atomic E-state index is 9.15. The minimum Gasteiger partial charge on any atom is -0.392 e. The zero-order chi connectivity index (χ0) is 12.7. The molecule has 0 heterocycles. The molecule has 1 N–H and O–H groups in total. The number of nitriles is 1. The second-order valence-electron chi connectivity index (χ2n) is 4.05. The van der Waals surface area contributed by atoms with Crippen LogP contribution in [0.4, 0.5) is 5.69 Å². The van der Waals surface area contributed by atoms with Crippen molar-refractivity contribution < 1.29 is 5.11 Å². The van der Waals surface area contributed by atoms with E-state index < -0.39 is 0 Å². The maximum atomic E-state index is 9.15. The number of anilines is 1. The van der Waals surface area contributed by atoms with E-state index in [-0.39, 0.29) is 6.61 Å². The highest BCUT2D eigenvalue weighted by Gasteiger charge is 2.09. The predicted octanol–water partition coefficient (Wildman–Crippen LogP) is 2.68. The first-order chi connectivity index (χ1) is 8.26.